The fourth-order valence-electron chi connectivity index (χ4n) is 5.32. The van der Waals surface area contributed by atoms with Gasteiger partial charge in [0.1, 0.15) is 0 Å². The molecule has 3 aliphatic carbocycles. The van der Waals surface area contributed by atoms with Gasteiger partial charge >= 0.3 is 182 Å². The Morgan fingerprint density at radius 2 is 1.29 bits per heavy atom. The third-order valence-corrected chi connectivity index (χ3v) is 13.6. The molecule has 144 valence electrons. The third-order valence-electron chi connectivity index (χ3n) is 6.59. The Hall–Kier alpha value is -1.38. The monoisotopic (exact) mass is 500 g/mol. The first-order valence-electron chi connectivity index (χ1n) is 10.3. The Kier molecular flexibility index (Phi) is 4.76. The van der Waals surface area contributed by atoms with E-state index in [4.69, 9.17) is 4.52 Å². The number of benzene rings is 1. The van der Waals surface area contributed by atoms with Gasteiger partial charge in [0.05, 0.1) is 0 Å². The number of allylic oxidation sites excluding steroid dienone is 12. The van der Waals surface area contributed by atoms with Crippen molar-refractivity contribution in [2.24, 2.45) is 0 Å². The van der Waals surface area contributed by atoms with E-state index in [2.05, 4.69) is 95.5 Å². The molecule has 0 N–H and O–H groups in total. The van der Waals surface area contributed by atoms with Gasteiger partial charge in [-0.15, -0.1) is 0 Å². The summed E-state index contributed by atoms with van der Waals surface area (Å²) in [5.74, 6) is 1.11. The van der Waals surface area contributed by atoms with Crippen LogP contribution < -0.4 is 4.52 Å². The molecule has 1 aromatic rings. The van der Waals surface area contributed by atoms with E-state index < -0.39 is 6.83 Å². The van der Waals surface area contributed by atoms with E-state index in [1.54, 1.807) is 15.9 Å². The van der Waals surface area contributed by atoms with Crippen LogP contribution in [0.4, 0.5) is 0 Å². The van der Waals surface area contributed by atoms with Crippen LogP contribution in [0.15, 0.2) is 88.8 Å². The van der Waals surface area contributed by atoms with E-state index >= 15 is 0 Å². The molecular formula is C25H26IOP. The zero-order chi connectivity index (χ0) is 19.1. The Morgan fingerprint density at radius 1 is 0.750 bits per heavy atom. The molecule has 1 aliphatic heterocycles. The summed E-state index contributed by atoms with van der Waals surface area (Å²) < 4.78 is 8.67. The summed E-state index contributed by atoms with van der Waals surface area (Å²) in [5.41, 5.74) is 1.39. The molecule has 0 unspecified atom stereocenters. The van der Waals surface area contributed by atoms with Crippen molar-refractivity contribution in [2.75, 3.05) is 0 Å². The molecule has 0 saturated carbocycles. The number of fused-ring (bicyclic) bond motifs is 1. The maximum atomic E-state index is 7.38. The average molecular weight is 500 g/mol. The van der Waals surface area contributed by atoms with Crippen LogP contribution in [0.3, 0.4) is 0 Å². The van der Waals surface area contributed by atoms with Crippen molar-refractivity contribution in [3.05, 3.63) is 98.0 Å². The van der Waals surface area contributed by atoms with Gasteiger partial charge in [0.15, 0.2) is 0 Å². The molecule has 5 rings (SSSR count). The number of halogens is 1. The van der Waals surface area contributed by atoms with Gasteiger partial charge in [-0.25, -0.2) is 0 Å². The van der Waals surface area contributed by atoms with Crippen LogP contribution in [0.25, 0.3) is 0 Å². The van der Waals surface area contributed by atoms with Gasteiger partial charge < -0.3 is 0 Å². The van der Waals surface area contributed by atoms with Gasteiger partial charge in [0.2, 0.25) is 0 Å². The Balaban J connectivity index is 1.83. The van der Waals surface area contributed by atoms with E-state index in [1.807, 2.05) is 0 Å². The molecule has 0 amide bonds. The SMILES string of the molecule is Ic1ccc2c(c1)CP(C1=CC=CCC1)(C1=CC=CCC1)(C1=CC=CCC1)O2. The molecule has 0 fully saturated rings. The predicted molar refractivity (Wildman–Crippen MR) is 130 cm³/mol. The first kappa shape index (κ1) is 18.6. The minimum atomic E-state index is -2.90. The van der Waals surface area contributed by atoms with Gasteiger partial charge in [0, 0.05) is 0 Å². The number of hydrogen-bond donors (Lipinski definition) is 0. The van der Waals surface area contributed by atoms with Crippen molar-refractivity contribution < 1.29 is 4.52 Å². The van der Waals surface area contributed by atoms with Crippen molar-refractivity contribution >= 4 is 29.4 Å². The van der Waals surface area contributed by atoms with Crippen molar-refractivity contribution in [1.29, 1.82) is 0 Å². The molecule has 0 saturated heterocycles. The minimum absolute atomic E-state index is 1.04. The van der Waals surface area contributed by atoms with Crippen LogP contribution >= 0.6 is 29.4 Å². The zero-order valence-corrected chi connectivity index (χ0v) is 19.2. The van der Waals surface area contributed by atoms with Crippen molar-refractivity contribution in [3.63, 3.8) is 0 Å². The summed E-state index contributed by atoms with van der Waals surface area (Å²) in [6, 6.07) is 6.75. The predicted octanol–water partition coefficient (Wildman–Crippen LogP) is 8.35. The summed E-state index contributed by atoms with van der Waals surface area (Å²) >= 11 is 2.43. The molecule has 1 aromatic carbocycles. The molecule has 0 radical (unpaired) electrons. The van der Waals surface area contributed by atoms with E-state index in [0.717, 1.165) is 50.4 Å². The van der Waals surface area contributed by atoms with Crippen LogP contribution in [0.2, 0.25) is 0 Å². The second-order valence-electron chi connectivity index (χ2n) is 8.09. The molecule has 4 aliphatic rings. The van der Waals surface area contributed by atoms with Gasteiger partial charge in [-0.3, -0.25) is 0 Å². The average Bonchev–Trinajstić information content (AvgIpc) is 3.13. The third kappa shape index (κ3) is 2.68. The van der Waals surface area contributed by atoms with E-state index in [0.29, 0.717) is 0 Å². The Morgan fingerprint density at radius 3 is 1.75 bits per heavy atom. The van der Waals surface area contributed by atoms with Crippen LogP contribution in [-0.4, -0.2) is 0 Å². The van der Waals surface area contributed by atoms with Crippen molar-refractivity contribution in [3.8, 4) is 5.75 Å². The van der Waals surface area contributed by atoms with E-state index in [1.165, 1.54) is 9.13 Å². The Bertz CT molecular complexity index is 924. The van der Waals surface area contributed by atoms with Crippen LogP contribution in [0.1, 0.15) is 44.1 Å². The molecule has 0 bridgehead atoms. The normalized spacial score (nSPS) is 25.6. The standard InChI is InChI=1S/C25H26IOP/c26-21-16-17-25-20(18-21)19-28(27-25,22-10-4-1-5-11-22,23-12-6-2-7-13-23)24-14-8-3-9-15-24/h1-4,6,8,10,12,14,16-18H,5,7,9,11,13,15,19H2. The molecule has 3 heteroatoms. The first-order valence-corrected chi connectivity index (χ1v) is 13.7. The maximum absolute atomic E-state index is 7.38. The molecule has 0 aromatic heterocycles. The summed E-state index contributed by atoms with van der Waals surface area (Å²) in [5, 5.41) is 4.67. The van der Waals surface area contributed by atoms with Crippen LogP contribution in [0, 0.1) is 3.57 Å². The van der Waals surface area contributed by atoms with Gasteiger partial charge in [0.25, 0.3) is 0 Å². The van der Waals surface area contributed by atoms with Crippen molar-refractivity contribution in [2.45, 2.75) is 44.7 Å². The van der Waals surface area contributed by atoms with Gasteiger partial charge in [-0.05, 0) is 0 Å². The Labute approximate surface area is 181 Å². The van der Waals surface area contributed by atoms with Gasteiger partial charge in [-0.2, -0.15) is 0 Å². The fourth-order valence-corrected chi connectivity index (χ4v) is 12.5. The molecule has 0 atom stereocenters. The molecular weight excluding hydrogens is 474 g/mol. The first-order chi connectivity index (χ1) is 13.7. The van der Waals surface area contributed by atoms with Gasteiger partial charge in [-0.1, -0.05) is 0 Å². The number of rotatable bonds is 3. The molecule has 0 spiro atoms. The molecule has 1 heterocycles. The molecule has 1 nitrogen and oxygen atoms in total. The topological polar surface area (TPSA) is 9.23 Å². The summed E-state index contributed by atoms with van der Waals surface area (Å²) in [4.78, 5) is 0. The summed E-state index contributed by atoms with van der Waals surface area (Å²) in [6.45, 7) is -2.90. The second-order valence-corrected chi connectivity index (χ2v) is 14.0. The second kappa shape index (κ2) is 7.15. The van der Waals surface area contributed by atoms with Crippen molar-refractivity contribution in [1.82, 2.24) is 0 Å². The summed E-state index contributed by atoms with van der Waals surface area (Å²) in [7, 11) is 0. The zero-order valence-electron chi connectivity index (χ0n) is 16.1. The van der Waals surface area contributed by atoms with Crippen LogP contribution in [-0.2, 0) is 6.16 Å². The van der Waals surface area contributed by atoms with E-state index in [-0.39, 0.29) is 0 Å². The van der Waals surface area contributed by atoms with Crippen LogP contribution in [0.5, 0.6) is 5.75 Å². The fraction of sp³-hybridized carbons (Fsp3) is 0.280. The molecule has 28 heavy (non-hydrogen) atoms. The quantitative estimate of drug-likeness (QED) is 0.299. The number of hydrogen-bond acceptors (Lipinski definition) is 1. The van der Waals surface area contributed by atoms with E-state index in [9.17, 15) is 0 Å². The summed E-state index contributed by atoms with van der Waals surface area (Å²) in [6.07, 6.45) is 28.6.